The zero-order chi connectivity index (χ0) is 11.5. The lowest BCUT2D eigenvalue weighted by Crippen LogP contribution is -2.42. The molecular formula is C12H24N4. The van der Waals surface area contributed by atoms with E-state index in [0.29, 0.717) is 0 Å². The summed E-state index contributed by atoms with van der Waals surface area (Å²) in [6.45, 7) is 7.34. The van der Waals surface area contributed by atoms with Crippen LogP contribution in [0.1, 0.15) is 38.5 Å². The standard InChI is InChI=1S/C6H12N4.C6H12/c1-7-9-6-10-4-2-8-3-5-10;1-2-4-6-5-3-1/h6,8H,1-5H2;1-6H2/b9-6-;. The van der Waals surface area contributed by atoms with Gasteiger partial charge in [0, 0.05) is 32.9 Å². The lowest BCUT2D eigenvalue weighted by molar-refractivity contribution is 0.365. The molecule has 1 heterocycles. The van der Waals surface area contributed by atoms with Gasteiger partial charge >= 0.3 is 0 Å². The normalized spacial score (nSPS) is 21.4. The smallest absolute Gasteiger partial charge is 0.114 e. The fraction of sp³-hybridized carbons (Fsp3) is 0.833. The van der Waals surface area contributed by atoms with Gasteiger partial charge in [0.1, 0.15) is 6.34 Å². The molecule has 2 rings (SSSR count). The Labute approximate surface area is 98.8 Å². The van der Waals surface area contributed by atoms with E-state index in [4.69, 9.17) is 0 Å². The van der Waals surface area contributed by atoms with Crippen molar-refractivity contribution in [1.82, 2.24) is 10.2 Å². The Bertz CT molecular complexity index is 182. The van der Waals surface area contributed by atoms with Gasteiger partial charge in [0.25, 0.3) is 0 Å². The van der Waals surface area contributed by atoms with Crippen molar-refractivity contribution in [2.75, 3.05) is 26.2 Å². The quantitative estimate of drug-likeness (QED) is 0.442. The highest BCUT2D eigenvalue weighted by Crippen LogP contribution is 2.15. The summed E-state index contributed by atoms with van der Waals surface area (Å²) in [4.78, 5) is 2.12. The van der Waals surface area contributed by atoms with E-state index in [1.807, 2.05) is 0 Å². The molecular weight excluding hydrogens is 200 g/mol. The SMILES string of the molecule is C1CCCCC1.C=N/N=C\N1CCNCC1. The van der Waals surface area contributed by atoms with Crippen LogP contribution >= 0.6 is 0 Å². The number of rotatable bonds is 2. The highest BCUT2D eigenvalue weighted by molar-refractivity contribution is 5.55. The van der Waals surface area contributed by atoms with Crippen LogP contribution in [0.25, 0.3) is 0 Å². The maximum absolute atomic E-state index is 3.68. The first kappa shape index (κ1) is 13.2. The summed E-state index contributed by atoms with van der Waals surface area (Å²) < 4.78 is 0. The summed E-state index contributed by atoms with van der Waals surface area (Å²) in [5.41, 5.74) is 0. The van der Waals surface area contributed by atoms with Gasteiger partial charge in [0.2, 0.25) is 0 Å². The fourth-order valence-electron chi connectivity index (χ4n) is 1.97. The van der Waals surface area contributed by atoms with E-state index >= 15 is 0 Å². The third kappa shape index (κ3) is 6.56. The maximum atomic E-state index is 3.68. The number of nitrogens with zero attached hydrogens (tertiary/aromatic N) is 3. The molecule has 1 aliphatic heterocycles. The molecule has 92 valence electrons. The molecule has 0 radical (unpaired) electrons. The van der Waals surface area contributed by atoms with Crippen molar-refractivity contribution in [3.8, 4) is 0 Å². The van der Waals surface area contributed by atoms with Crippen LogP contribution in [-0.2, 0) is 0 Å². The van der Waals surface area contributed by atoms with E-state index in [9.17, 15) is 0 Å². The van der Waals surface area contributed by atoms with Crippen molar-refractivity contribution < 1.29 is 0 Å². The van der Waals surface area contributed by atoms with Crippen LogP contribution < -0.4 is 5.32 Å². The lowest BCUT2D eigenvalue weighted by atomic mass is 10.0. The monoisotopic (exact) mass is 224 g/mol. The Kier molecular flexibility index (Phi) is 7.68. The van der Waals surface area contributed by atoms with Gasteiger partial charge in [-0.25, -0.2) is 0 Å². The number of nitrogens with one attached hydrogen (secondary N) is 1. The highest BCUT2D eigenvalue weighted by Gasteiger charge is 2.03. The molecule has 0 atom stereocenters. The Balaban J connectivity index is 0.000000181. The Hall–Kier alpha value is -0.900. The first-order valence-corrected chi connectivity index (χ1v) is 6.37. The second-order valence-electron chi connectivity index (χ2n) is 4.28. The third-order valence-corrected chi connectivity index (χ3v) is 2.95. The number of hydrogen-bond donors (Lipinski definition) is 1. The van der Waals surface area contributed by atoms with Gasteiger partial charge in [-0.1, -0.05) is 38.5 Å². The minimum atomic E-state index is 1.01. The second-order valence-corrected chi connectivity index (χ2v) is 4.28. The first-order chi connectivity index (χ1) is 7.93. The summed E-state index contributed by atoms with van der Waals surface area (Å²) in [5.74, 6) is 0. The molecule has 0 unspecified atom stereocenters. The van der Waals surface area contributed by atoms with Crippen molar-refractivity contribution in [3.05, 3.63) is 0 Å². The predicted octanol–water partition coefficient (Wildman–Crippen LogP) is 1.88. The van der Waals surface area contributed by atoms with Crippen LogP contribution in [0.5, 0.6) is 0 Å². The van der Waals surface area contributed by atoms with E-state index in [2.05, 4.69) is 27.1 Å². The molecule has 1 saturated carbocycles. The molecule has 1 N–H and O–H groups in total. The van der Waals surface area contributed by atoms with Gasteiger partial charge < -0.3 is 10.2 Å². The summed E-state index contributed by atoms with van der Waals surface area (Å²) in [6.07, 6.45) is 10.7. The fourth-order valence-corrected chi connectivity index (χ4v) is 1.97. The zero-order valence-corrected chi connectivity index (χ0v) is 10.2. The molecule has 16 heavy (non-hydrogen) atoms. The van der Waals surface area contributed by atoms with Crippen LogP contribution in [0.2, 0.25) is 0 Å². The van der Waals surface area contributed by atoms with Crippen molar-refractivity contribution >= 4 is 13.1 Å². The van der Waals surface area contributed by atoms with Crippen molar-refractivity contribution in [1.29, 1.82) is 0 Å². The Morgan fingerprint density at radius 2 is 1.44 bits per heavy atom. The summed E-state index contributed by atoms with van der Waals surface area (Å²) in [6, 6.07) is 0. The zero-order valence-electron chi connectivity index (χ0n) is 10.2. The van der Waals surface area contributed by atoms with E-state index in [1.165, 1.54) is 38.5 Å². The molecule has 2 aliphatic rings. The molecule has 0 bridgehead atoms. The first-order valence-electron chi connectivity index (χ1n) is 6.37. The summed E-state index contributed by atoms with van der Waals surface area (Å²) in [7, 11) is 0. The van der Waals surface area contributed by atoms with E-state index < -0.39 is 0 Å². The average molecular weight is 224 g/mol. The second kappa shape index (κ2) is 9.33. The van der Waals surface area contributed by atoms with Crippen LogP contribution in [0.4, 0.5) is 0 Å². The maximum Gasteiger partial charge on any atom is 0.114 e. The van der Waals surface area contributed by atoms with Crippen molar-refractivity contribution in [3.63, 3.8) is 0 Å². The molecule has 0 aromatic rings. The van der Waals surface area contributed by atoms with Gasteiger partial charge in [0.05, 0.1) is 0 Å². The third-order valence-electron chi connectivity index (χ3n) is 2.95. The van der Waals surface area contributed by atoms with Gasteiger partial charge in [-0.05, 0) is 0 Å². The van der Waals surface area contributed by atoms with Crippen LogP contribution in [-0.4, -0.2) is 44.1 Å². The van der Waals surface area contributed by atoms with Crippen LogP contribution in [0.3, 0.4) is 0 Å². The minimum Gasteiger partial charge on any atom is -0.359 e. The average Bonchev–Trinajstić information content (AvgIpc) is 2.40. The molecule has 2 fully saturated rings. The Morgan fingerprint density at radius 1 is 0.938 bits per heavy atom. The van der Waals surface area contributed by atoms with E-state index in [0.717, 1.165) is 26.2 Å². The Morgan fingerprint density at radius 3 is 1.88 bits per heavy atom. The van der Waals surface area contributed by atoms with E-state index in [1.54, 1.807) is 6.34 Å². The molecule has 1 aliphatic carbocycles. The molecule has 0 amide bonds. The largest absolute Gasteiger partial charge is 0.359 e. The van der Waals surface area contributed by atoms with Gasteiger partial charge in [-0.3, -0.25) is 0 Å². The van der Waals surface area contributed by atoms with E-state index in [-0.39, 0.29) is 0 Å². The molecule has 4 nitrogen and oxygen atoms in total. The van der Waals surface area contributed by atoms with Crippen LogP contribution in [0, 0.1) is 0 Å². The van der Waals surface area contributed by atoms with Gasteiger partial charge in [-0.15, -0.1) is 5.10 Å². The molecule has 0 aromatic heterocycles. The number of piperazine rings is 1. The predicted molar refractivity (Wildman–Crippen MR) is 70.2 cm³/mol. The summed E-state index contributed by atoms with van der Waals surface area (Å²) >= 11 is 0. The molecule has 0 spiro atoms. The number of hydrogen-bond acceptors (Lipinski definition) is 3. The van der Waals surface area contributed by atoms with Gasteiger partial charge in [0.15, 0.2) is 0 Å². The summed E-state index contributed by atoms with van der Waals surface area (Å²) in [5, 5.41) is 10.3. The van der Waals surface area contributed by atoms with Crippen molar-refractivity contribution in [2.45, 2.75) is 38.5 Å². The molecule has 0 aromatic carbocycles. The topological polar surface area (TPSA) is 40.0 Å². The van der Waals surface area contributed by atoms with Gasteiger partial charge in [-0.2, -0.15) is 5.10 Å². The molecule has 4 heteroatoms. The molecule has 1 saturated heterocycles. The van der Waals surface area contributed by atoms with Crippen molar-refractivity contribution in [2.24, 2.45) is 10.2 Å². The highest BCUT2D eigenvalue weighted by atomic mass is 15.3. The lowest BCUT2D eigenvalue weighted by Gasteiger charge is -2.24. The minimum absolute atomic E-state index is 1.01. The van der Waals surface area contributed by atoms with Crippen LogP contribution in [0.15, 0.2) is 10.2 Å².